The van der Waals surface area contributed by atoms with Crippen LogP contribution >= 0.6 is 12.4 Å². The highest BCUT2D eigenvalue weighted by molar-refractivity contribution is 5.89. The molecule has 2 aliphatic heterocycles. The van der Waals surface area contributed by atoms with Crippen LogP contribution in [0.4, 0.5) is 0 Å². The number of carbonyl (C=O) groups is 1. The van der Waals surface area contributed by atoms with Crippen molar-refractivity contribution < 1.29 is 9.53 Å². The number of nitrogens with one attached hydrogen (secondary N) is 1. The van der Waals surface area contributed by atoms with Crippen molar-refractivity contribution in [1.82, 2.24) is 10.2 Å². The molecule has 5 heteroatoms. The zero-order valence-corrected chi connectivity index (χ0v) is 16.3. The van der Waals surface area contributed by atoms with Gasteiger partial charge < -0.3 is 15.0 Å². The highest BCUT2D eigenvalue weighted by Crippen LogP contribution is 2.43. The lowest BCUT2D eigenvalue weighted by molar-refractivity contribution is -0.121. The molecule has 1 amide bonds. The molecule has 144 valence electrons. The van der Waals surface area contributed by atoms with E-state index >= 15 is 0 Å². The third-order valence-electron chi connectivity index (χ3n) is 5.34. The van der Waals surface area contributed by atoms with Crippen molar-refractivity contribution in [2.45, 2.75) is 31.6 Å². The maximum atomic E-state index is 13.0. The number of ether oxygens (including phenoxy) is 1. The minimum atomic E-state index is -0.297. The van der Waals surface area contributed by atoms with E-state index in [0.717, 1.165) is 48.6 Å². The number of rotatable bonds is 6. The van der Waals surface area contributed by atoms with Crippen molar-refractivity contribution in [3.05, 3.63) is 59.7 Å². The zero-order chi connectivity index (χ0) is 17.8. The monoisotopic (exact) mass is 386 g/mol. The number of nitrogens with zero attached hydrogens (tertiary/aromatic N) is 1. The molecule has 2 heterocycles. The molecule has 1 N–H and O–H groups in total. The Morgan fingerprint density at radius 1 is 0.963 bits per heavy atom. The summed E-state index contributed by atoms with van der Waals surface area (Å²) in [7, 11) is 0. The molecule has 4 nitrogen and oxygen atoms in total. The Balaban J connectivity index is 0.00000210. The van der Waals surface area contributed by atoms with Crippen LogP contribution in [0.2, 0.25) is 0 Å². The number of unbranched alkanes of at least 4 members (excludes halogenated alkanes) is 1. The van der Waals surface area contributed by atoms with Gasteiger partial charge in [-0.1, -0.05) is 36.4 Å². The van der Waals surface area contributed by atoms with Gasteiger partial charge in [-0.3, -0.25) is 4.79 Å². The maximum Gasteiger partial charge on any atom is 0.232 e. The van der Waals surface area contributed by atoms with Crippen LogP contribution in [0, 0.1) is 0 Å². The summed E-state index contributed by atoms with van der Waals surface area (Å²) in [5.74, 6) is 1.32. The molecule has 0 radical (unpaired) electrons. The number of halogens is 1. The molecule has 0 aromatic heterocycles. The van der Waals surface area contributed by atoms with Crippen LogP contribution in [-0.4, -0.2) is 37.0 Å². The molecule has 0 bridgehead atoms. The quantitative estimate of drug-likeness (QED) is 0.751. The predicted octanol–water partition coefficient (Wildman–Crippen LogP) is 4.34. The number of hydrogen-bond donors (Lipinski definition) is 1. The van der Waals surface area contributed by atoms with E-state index in [0.29, 0.717) is 0 Å². The SMILES string of the molecule is Cl.O=C(NCCCCN1CCCC1)C1c2ccccc2Oc2ccccc21. The molecular formula is C22H27ClN2O2. The molecule has 0 unspecified atom stereocenters. The Kier molecular flexibility index (Phi) is 6.75. The number of amides is 1. The van der Waals surface area contributed by atoms with Crippen molar-refractivity contribution in [3.63, 3.8) is 0 Å². The minimum absolute atomic E-state index is 0. The Morgan fingerprint density at radius 2 is 1.56 bits per heavy atom. The summed E-state index contributed by atoms with van der Waals surface area (Å²) in [5.41, 5.74) is 1.89. The minimum Gasteiger partial charge on any atom is -0.457 e. The van der Waals surface area contributed by atoms with Crippen LogP contribution in [0.15, 0.2) is 48.5 Å². The second kappa shape index (κ2) is 9.25. The van der Waals surface area contributed by atoms with Crippen LogP contribution in [0.3, 0.4) is 0 Å². The van der Waals surface area contributed by atoms with Crippen molar-refractivity contribution in [2.75, 3.05) is 26.2 Å². The van der Waals surface area contributed by atoms with Gasteiger partial charge in [0.1, 0.15) is 11.5 Å². The molecular weight excluding hydrogens is 360 g/mol. The van der Waals surface area contributed by atoms with E-state index < -0.39 is 0 Å². The molecule has 2 aromatic carbocycles. The third-order valence-corrected chi connectivity index (χ3v) is 5.34. The first-order chi connectivity index (χ1) is 12.8. The van der Waals surface area contributed by atoms with Gasteiger partial charge in [0, 0.05) is 17.7 Å². The smallest absolute Gasteiger partial charge is 0.232 e. The van der Waals surface area contributed by atoms with Crippen molar-refractivity contribution in [3.8, 4) is 11.5 Å². The Bertz CT molecular complexity index is 729. The fourth-order valence-electron chi connectivity index (χ4n) is 3.97. The van der Waals surface area contributed by atoms with Crippen molar-refractivity contribution >= 4 is 18.3 Å². The van der Waals surface area contributed by atoms with Gasteiger partial charge in [-0.25, -0.2) is 0 Å². The van der Waals surface area contributed by atoms with Gasteiger partial charge in [0.2, 0.25) is 5.91 Å². The molecule has 2 aromatic rings. The second-order valence-electron chi connectivity index (χ2n) is 7.16. The maximum absolute atomic E-state index is 13.0. The standard InChI is InChI=1S/C22H26N2O2.ClH/c25-22(23-13-5-6-14-24-15-7-8-16-24)21-17-9-1-3-11-19(17)26-20-12-4-2-10-18(20)21;/h1-4,9-12,21H,5-8,13-16H2,(H,23,25);1H. The lowest BCUT2D eigenvalue weighted by Crippen LogP contribution is -2.32. The van der Waals surface area contributed by atoms with Crippen molar-refractivity contribution in [2.24, 2.45) is 0 Å². The largest absolute Gasteiger partial charge is 0.457 e. The molecule has 0 atom stereocenters. The molecule has 0 aliphatic carbocycles. The Morgan fingerprint density at radius 3 is 2.19 bits per heavy atom. The summed E-state index contributed by atoms with van der Waals surface area (Å²) in [5, 5.41) is 3.15. The molecule has 27 heavy (non-hydrogen) atoms. The fourth-order valence-corrected chi connectivity index (χ4v) is 3.97. The van der Waals surface area contributed by atoms with E-state index in [9.17, 15) is 4.79 Å². The van der Waals surface area contributed by atoms with Gasteiger partial charge in [0.15, 0.2) is 0 Å². The number of carbonyl (C=O) groups excluding carboxylic acids is 1. The lowest BCUT2D eigenvalue weighted by Gasteiger charge is -2.27. The summed E-state index contributed by atoms with van der Waals surface area (Å²) in [6, 6.07) is 15.7. The number of para-hydroxylation sites is 2. The first kappa shape index (κ1) is 19.7. The average molecular weight is 387 g/mol. The molecule has 0 spiro atoms. The molecule has 1 fully saturated rings. The van der Waals surface area contributed by atoms with Crippen LogP contribution in [0.1, 0.15) is 42.7 Å². The average Bonchev–Trinajstić information content (AvgIpc) is 3.19. The predicted molar refractivity (Wildman–Crippen MR) is 110 cm³/mol. The van der Waals surface area contributed by atoms with E-state index in [1.165, 1.54) is 25.9 Å². The second-order valence-corrected chi connectivity index (χ2v) is 7.16. The van der Waals surface area contributed by atoms with Crippen LogP contribution in [0.5, 0.6) is 11.5 Å². The summed E-state index contributed by atoms with van der Waals surface area (Å²) in [4.78, 5) is 15.5. The van der Waals surface area contributed by atoms with E-state index in [-0.39, 0.29) is 24.2 Å². The van der Waals surface area contributed by atoms with E-state index in [4.69, 9.17) is 4.74 Å². The van der Waals surface area contributed by atoms with E-state index in [2.05, 4.69) is 10.2 Å². The van der Waals surface area contributed by atoms with E-state index in [1.807, 2.05) is 48.5 Å². The summed E-state index contributed by atoms with van der Waals surface area (Å²) < 4.78 is 5.97. The highest BCUT2D eigenvalue weighted by atomic mass is 35.5. The number of benzene rings is 2. The van der Waals surface area contributed by atoms with Crippen LogP contribution in [0.25, 0.3) is 0 Å². The van der Waals surface area contributed by atoms with Gasteiger partial charge in [-0.15, -0.1) is 12.4 Å². The van der Waals surface area contributed by atoms with Crippen LogP contribution < -0.4 is 10.1 Å². The fraction of sp³-hybridized carbons (Fsp3) is 0.409. The molecule has 2 aliphatic rings. The Labute approximate surface area is 167 Å². The number of likely N-dealkylation sites (tertiary alicyclic amines) is 1. The van der Waals surface area contributed by atoms with Gasteiger partial charge >= 0.3 is 0 Å². The Hall–Kier alpha value is -2.04. The van der Waals surface area contributed by atoms with Gasteiger partial charge in [0.05, 0.1) is 5.92 Å². The normalized spacial score (nSPS) is 16.0. The van der Waals surface area contributed by atoms with Gasteiger partial charge in [-0.05, 0) is 57.5 Å². The summed E-state index contributed by atoms with van der Waals surface area (Å²) in [6.45, 7) is 4.36. The topological polar surface area (TPSA) is 41.6 Å². The molecule has 0 saturated carbocycles. The summed E-state index contributed by atoms with van der Waals surface area (Å²) >= 11 is 0. The number of hydrogen-bond acceptors (Lipinski definition) is 3. The first-order valence-corrected chi connectivity index (χ1v) is 9.69. The number of fused-ring (bicyclic) bond motifs is 2. The van der Waals surface area contributed by atoms with Gasteiger partial charge in [0.25, 0.3) is 0 Å². The summed E-state index contributed by atoms with van der Waals surface area (Å²) in [6.07, 6.45) is 4.83. The lowest BCUT2D eigenvalue weighted by atomic mass is 9.87. The van der Waals surface area contributed by atoms with E-state index in [1.54, 1.807) is 0 Å². The highest BCUT2D eigenvalue weighted by Gasteiger charge is 2.32. The first-order valence-electron chi connectivity index (χ1n) is 9.69. The van der Waals surface area contributed by atoms with Gasteiger partial charge in [-0.2, -0.15) is 0 Å². The molecule has 1 saturated heterocycles. The molecule has 4 rings (SSSR count). The third kappa shape index (κ3) is 4.45. The zero-order valence-electron chi connectivity index (χ0n) is 15.5. The van der Waals surface area contributed by atoms with Crippen LogP contribution in [-0.2, 0) is 4.79 Å². The van der Waals surface area contributed by atoms with Crippen molar-refractivity contribution in [1.29, 1.82) is 0 Å².